The molecule has 3 N–H and O–H groups in total. The summed E-state index contributed by atoms with van der Waals surface area (Å²) in [6, 6.07) is 7.66. The summed E-state index contributed by atoms with van der Waals surface area (Å²) in [7, 11) is 0. The highest BCUT2D eigenvalue weighted by Gasteiger charge is 2.33. The molecule has 5 heteroatoms. The molecule has 112 valence electrons. The number of fused-ring (bicyclic) bond motifs is 1. The van der Waals surface area contributed by atoms with Crippen LogP contribution in [0, 0.1) is 0 Å². The number of nitrogens with one attached hydrogen (secondary N) is 1. The van der Waals surface area contributed by atoms with Crippen LogP contribution in [-0.4, -0.2) is 35.8 Å². The molecule has 2 unspecified atom stereocenters. The molecule has 0 bridgehead atoms. The molecular weight excluding hydrogens is 266 g/mol. The van der Waals surface area contributed by atoms with Gasteiger partial charge in [0.05, 0.1) is 0 Å². The quantitative estimate of drug-likeness (QED) is 0.883. The third-order valence-corrected chi connectivity index (χ3v) is 4.51. The Kier molecular flexibility index (Phi) is 3.82. The molecule has 1 aromatic carbocycles. The lowest BCUT2D eigenvalue weighted by Crippen LogP contribution is -2.50. The van der Waals surface area contributed by atoms with Crippen molar-refractivity contribution in [1.82, 2.24) is 4.90 Å². The van der Waals surface area contributed by atoms with Crippen LogP contribution in [-0.2, 0) is 9.59 Å². The minimum absolute atomic E-state index is 0.0435. The van der Waals surface area contributed by atoms with Crippen LogP contribution in [0.1, 0.15) is 37.2 Å². The summed E-state index contributed by atoms with van der Waals surface area (Å²) in [5, 5.41) is 3.33. The van der Waals surface area contributed by atoms with Gasteiger partial charge in [0.25, 0.3) is 0 Å². The number of rotatable bonds is 3. The molecule has 2 amide bonds. The van der Waals surface area contributed by atoms with Gasteiger partial charge in [-0.25, -0.2) is 0 Å². The van der Waals surface area contributed by atoms with Crippen molar-refractivity contribution in [3.05, 3.63) is 29.8 Å². The highest BCUT2D eigenvalue weighted by atomic mass is 16.2. The van der Waals surface area contributed by atoms with Crippen LogP contribution < -0.4 is 11.1 Å². The van der Waals surface area contributed by atoms with E-state index in [1.165, 1.54) is 5.56 Å². The molecule has 1 aromatic rings. The van der Waals surface area contributed by atoms with E-state index in [4.69, 9.17) is 5.73 Å². The number of carbonyl (C=O) groups is 2. The van der Waals surface area contributed by atoms with Crippen LogP contribution in [0.25, 0.3) is 0 Å². The lowest BCUT2D eigenvalue weighted by molar-refractivity contribution is -0.141. The summed E-state index contributed by atoms with van der Waals surface area (Å²) in [4.78, 5) is 25.8. The van der Waals surface area contributed by atoms with E-state index in [2.05, 4.69) is 11.4 Å². The Hall–Kier alpha value is -2.04. The topological polar surface area (TPSA) is 75.4 Å². The Balaban J connectivity index is 1.70. The number of hydrogen-bond donors (Lipinski definition) is 2. The van der Waals surface area contributed by atoms with Gasteiger partial charge in [0, 0.05) is 31.1 Å². The molecule has 2 aliphatic rings. The van der Waals surface area contributed by atoms with E-state index in [-0.39, 0.29) is 17.7 Å². The van der Waals surface area contributed by atoms with Gasteiger partial charge >= 0.3 is 0 Å². The van der Waals surface area contributed by atoms with Gasteiger partial charge in [-0.3, -0.25) is 9.59 Å². The molecule has 2 atom stereocenters. The van der Waals surface area contributed by atoms with Crippen molar-refractivity contribution in [3.63, 3.8) is 0 Å². The molecule has 0 radical (unpaired) electrons. The minimum Gasteiger partial charge on any atom is -0.384 e. The molecule has 0 aliphatic carbocycles. The normalized spacial score (nSPS) is 24.3. The number of piperidine rings is 1. The fraction of sp³-hybridized carbons (Fsp3) is 0.500. The van der Waals surface area contributed by atoms with Crippen molar-refractivity contribution in [3.8, 4) is 0 Å². The second-order valence-electron chi connectivity index (χ2n) is 5.87. The average Bonchev–Trinajstić information content (AvgIpc) is 2.90. The Morgan fingerprint density at radius 2 is 2.10 bits per heavy atom. The summed E-state index contributed by atoms with van der Waals surface area (Å²) in [5.41, 5.74) is 7.74. The lowest BCUT2D eigenvalue weighted by Gasteiger charge is -2.34. The van der Waals surface area contributed by atoms with E-state index in [9.17, 15) is 9.59 Å². The van der Waals surface area contributed by atoms with Crippen LogP contribution in [0.15, 0.2) is 24.3 Å². The number of nitrogens with two attached hydrogens (primary N) is 1. The lowest BCUT2D eigenvalue weighted by atomic mass is 9.95. The Bertz CT molecular complexity index is 558. The molecule has 1 fully saturated rings. The Morgan fingerprint density at radius 1 is 1.29 bits per heavy atom. The third-order valence-electron chi connectivity index (χ3n) is 4.51. The van der Waals surface area contributed by atoms with Gasteiger partial charge in [0.1, 0.15) is 6.04 Å². The highest BCUT2D eigenvalue weighted by Crippen LogP contribution is 2.34. The number of anilines is 1. The van der Waals surface area contributed by atoms with E-state index in [0.717, 1.165) is 25.1 Å². The molecule has 0 aromatic heterocycles. The Morgan fingerprint density at radius 3 is 2.90 bits per heavy atom. The molecular formula is C16H21N3O2. The maximum Gasteiger partial charge on any atom is 0.240 e. The maximum absolute atomic E-state index is 12.6. The first-order chi connectivity index (χ1) is 10.2. The van der Waals surface area contributed by atoms with E-state index < -0.39 is 6.04 Å². The molecule has 0 spiro atoms. The van der Waals surface area contributed by atoms with Crippen molar-refractivity contribution in [2.75, 3.05) is 18.4 Å². The van der Waals surface area contributed by atoms with E-state index in [0.29, 0.717) is 19.4 Å². The number of carbonyl (C=O) groups excluding carboxylic acids is 2. The molecule has 2 heterocycles. The second kappa shape index (κ2) is 5.76. The number of benzene rings is 1. The predicted molar refractivity (Wildman–Crippen MR) is 80.8 cm³/mol. The smallest absolute Gasteiger partial charge is 0.240 e. The van der Waals surface area contributed by atoms with Gasteiger partial charge in [-0.1, -0.05) is 18.2 Å². The standard InChI is InChI=1S/C16H21N3O2/c17-16(21)14-7-3-4-8-19(14)15(20)9-11-10-18-13-6-2-1-5-12(11)13/h1-2,5-6,11,14,18H,3-4,7-10H2,(H2,17,21). The molecule has 0 saturated carbocycles. The summed E-state index contributed by atoms with van der Waals surface area (Å²) in [6.07, 6.45) is 3.05. The number of para-hydroxylation sites is 1. The first-order valence-corrected chi connectivity index (χ1v) is 7.58. The van der Waals surface area contributed by atoms with E-state index >= 15 is 0 Å². The first-order valence-electron chi connectivity index (χ1n) is 7.58. The zero-order valence-electron chi connectivity index (χ0n) is 12.0. The summed E-state index contributed by atoms with van der Waals surface area (Å²) in [6.45, 7) is 1.43. The van der Waals surface area contributed by atoms with Crippen molar-refractivity contribution >= 4 is 17.5 Å². The van der Waals surface area contributed by atoms with Gasteiger partial charge in [0.2, 0.25) is 11.8 Å². The zero-order chi connectivity index (χ0) is 14.8. The van der Waals surface area contributed by atoms with Crippen LogP contribution in [0.2, 0.25) is 0 Å². The summed E-state index contributed by atoms with van der Waals surface area (Å²) >= 11 is 0. The van der Waals surface area contributed by atoms with Crippen LogP contribution in [0.5, 0.6) is 0 Å². The highest BCUT2D eigenvalue weighted by molar-refractivity contribution is 5.87. The number of primary amides is 1. The van der Waals surface area contributed by atoms with Crippen LogP contribution >= 0.6 is 0 Å². The molecule has 5 nitrogen and oxygen atoms in total. The summed E-state index contributed by atoms with van der Waals surface area (Å²) < 4.78 is 0. The largest absolute Gasteiger partial charge is 0.384 e. The number of amides is 2. The fourth-order valence-electron chi connectivity index (χ4n) is 3.39. The zero-order valence-corrected chi connectivity index (χ0v) is 12.0. The van der Waals surface area contributed by atoms with Crippen molar-refractivity contribution in [2.45, 2.75) is 37.6 Å². The fourth-order valence-corrected chi connectivity index (χ4v) is 3.39. The van der Waals surface area contributed by atoms with Gasteiger partial charge in [-0.2, -0.15) is 0 Å². The predicted octanol–water partition coefficient (Wildman–Crippen LogP) is 1.45. The first kappa shape index (κ1) is 13.9. The SMILES string of the molecule is NC(=O)C1CCCCN1C(=O)CC1CNc2ccccc21. The van der Waals surface area contributed by atoms with Gasteiger partial charge in [-0.05, 0) is 30.9 Å². The number of likely N-dealkylation sites (tertiary alicyclic amines) is 1. The van der Waals surface area contributed by atoms with Gasteiger partial charge in [0.15, 0.2) is 0 Å². The molecule has 3 rings (SSSR count). The van der Waals surface area contributed by atoms with Crippen molar-refractivity contribution < 1.29 is 9.59 Å². The number of hydrogen-bond acceptors (Lipinski definition) is 3. The van der Waals surface area contributed by atoms with Crippen LogP contribution in [0.3, 0.4) is 0 Å². The minimum atomic E-state index is -0.421. The van der Waals surface area contributed by atoms with Crippen molar-refractivity contribution in [2.24, 2.45) is 5.73 Å². The molecule has 2 aliphatic heterocycles. The van der Waals surface area contributed by atoms with E-state index in [1.54, 1.807) is 4.90 Å². The number of nitrogens with zero attached hydrogens (tertiary/aromatic N) is 1. The molecule has 21 heavy (non-hydrogen) atoms. The van der Waals surface area contributed by atoms with E-state index in [1.807, 2.05) is 18.2 Å². The average molecular weight is 287 g/mol. The Labute approximate surface area is 124 Å². The van der Waals surface area contributed by atoms with Crippen LogP contribution in [0.4, 0.5) is 5.69 Å². The maximum atomic E-state index is 12.6. The molecule has 1 saturated heterocycles. The van der Waals surface area contributed by atoms with Crippen molar-refractivity contribution in [1.29, 1.82) is 0 Å². The van der Waals surface area contributed by atoms with Gasteiger partial charge < -0.3 is 16.0 Å². The third kappa shape index (κ3) is 2.73. The van der Waals surface area contributed by atoms with Gasteiger partial charge in [-0.15, -0.1) is 0 Å². The monoisotopic (exact) mass is 287 g/mol. The summed E-state index contributed by atoms with van der Waals surface area (Å²) in [5.74, 6) is -0.154. The second-order valence-corrected chi connectivity index (χ2v) is 5.87.